The number of hydrogen-bond acceptors (Lipinski definition) is 3. The van der Waals surface area contributed by atoms with Gasteiger partial charge in [0.1, 0.15) is 4.88 Å². The number of carbonyl (C=O) groups excluding carboxylic acids is 1. The minimum Gasteiger partial charge on any atom is -0.396 e. The fraction of sp³-hybridized carbons (Fsp3) is 0.400. The topological polar surface area (TPSA) is 49.3 Å². The fourth-order valence-electron chi connectivity index (χ4n) is 2.01. The number of benzene rings is 1. The van der Waals surface area contributed by atoms with E-state index in [4.69, 9.17) is 28.3 Å². The van der Waals surface area contributed by atoms with Crippen molar-refractivity contribution >= 4 is 50.5 Å². The Morgan fingerprint density at radius 1 is 1.43 bits per heavy atom. The maximum Gasteiger partial charge on any atom is 0.262 e. The van der Waals surface area contributed by atoms with E-state index in [1.165, 1.54) is 11.3 Å². The molecule has 1 heterocycles. The SMILES string of the molecule is CC(CO)CCCNC(=O)c1sc2cc(Cl)ccc2c1Cl. The van der Waals surface area contributed by atoms with Crippen molar-refractivity contribution in [2.45, 2.75) is 19.8 Å². The summed E-state index contributed by atoms with van der Waals surface area (Å²) in [5.41, 5.74) is 0. The third-order valence-corrected chi connectivity index (χ3v) is 5.16. The second-order valence-corrected chi connectivity index (χ2v) is 6.94. The summed E-state index contributed by atoms with van der Waals surface area (Å²) in [6, 6.07) is 5.41. The monoisotopic (exact) mass is 345 g/mol. The van der Waals surface area contributed by atoms with Gasteiger partial charge in [-0.05, 0) is 30.9 Å². The van der Waals surface area contributed by atoms with Crippen molar-refractivity contribution in [2.24, 2.45) is 5.92 Å². The van der Waals surface area contributed by atoms with Crippen molar-refractivity contribution in [3.05, 3.63) is 33.1 Å². The predicted octanol–water partition coefficient (Wildman–Crippen LogP) is 4.35. The van der Waals surface area contributed by atoms with Crippen molar-refractivity contribution in [3.8, 4) is 0 Å². The normalized spacial score (nSPS) is 12.6. The molecule has 0 aliphatic heterocycles. The molecule has 0 fully saturated rings. The Hall–Kier alpha value is -0.810. The van der Waals surface area contributed by atoms with E-state index in [-0.39, 0.29) is 18.4 Å². The second kappa shape index (κ2) is 7.45. The number of aliphatic hydroxyl groups is 1. The molecule has 2 aromatic rings. The van der Waals surface area contributed by atoms with Gasteiger partial charge in [-0.1, -0.05) is 36.2 Å². The Labute approximate surface area is 137 Å². The molecule has 2 N–H and O–H groups in total. The summed E-state index contributed by atoms with van der Waals surface area (Å²) in [6.07, 6.45) is 1.72. The lowest BCUT2D eigenvalue weighted by atomic mass is 10.1. The van der Waals surface area contributed by atoms with Crippen LogP contribution in [0.1, 0.15) is 29.4 Å². The average molecular weight is 346 g/mol. The molecule has 0 aliphatic carbocycles. The van der Waals surface area contributed by atoms with Gasteiger partial charge in [0.15, 0.2) is 0 Å². The van der Waals surface area contributed by atoms with Gasteiger partial charge >= 0.3 is 0 Å². The van der Waals surface area contributed by atoms with E-state index in [0.29, 0.717) is 21.5 Å². The minimum atomic E-state index is -0.158. The zero-order valence-corrected chi connectivity index (χ0v) is 14.0. The van der Waals surface area contributed by atoms with Gasteiger partial charge in [0, 0.05) is 28.3 Å². The van der Waals surface area contributed by atoms with E-state index < -0.39 is 0 Å². The smallest absolute Gasteiger partial charge is 0.262 e. The van der Waals surface area contributed by atoms with Crippen LogP contribution in [0.2, 0.25) is 10.0 Å². The molecule has 1 amide bonds. The number of amides is 1. The van der Waals surface area contributed by atoms with Crippen LogP contribution >= 0.6 is 34.5 Å². The lowest BCUT2D eigenvalue weighted by Gasteiger charge is -2.08. The van der Waals surface area contributed by atoms with E-state index in [9.17, 15) is 4.79 Å². The summed E-state index contributed by atoms with van der Waals surface area (Å²) >= 11 is 13.6. The van der Waals surface area contributed by atoms with Crippen LogP contribution in [0.3, 0.4) is 0 Å². The molecule has 0 bridgehead atoms. The first-order valence-electron chi connectivity index (χ1n) is 6.79. The van der Waals surface area contributed by atoms with E-state index in [1.807, 2.05) is 19.1 Å². The lowest BCUT2D eigenvalue weighted by molar-refractivity contribution is 0.0956. The molecule has 1 unspecified atom stereocenters. The zero-order valence-electron chi connectivity index (χ0n) is 11.7. The number of hydrogen-bond donors (Lipinski definition) is 2. The number of halogens is 2. The van der Waals surface area contributed by atoms with Crippen molar-refractivity contribution in [3.63, 3.8) is 0 Å². The van der Waals surface area contributed by atoms with E-state index in [1.54, 1.807) is 6.07 Å². The highest BCUT2D eigenvalue weighted by Crippen LogP contribution is 2.36. The maximum atomic E-state index is 12.2. The fourth-order valence-corrected chi connectivity index (χ4v) is 3.72. The average Bonchev–Trinajstić information content (AvgIpc) is 2.79. The van der Waals surface area contributed by atoms with Crippen LogP contribution in [0.25, 0.3) is 10.1 Å². The van der Waals surface area contributed by atoms with E-state index in [0.717, 1.165) is 22.9 Å². The molecular formula is C15H17Cl2NO2S. The van der Waals surface area contributed by atoms with Gasteiger partial charge < -0.3 is 10.4 Å². The molecular weight excluding hydrogens is 329 g/mol. The molecule has 1 atom stereocenters. The summed E-state index contributed by atoms with van der Waals surface area (Å²) < 4.78 is 0.909. The molecule has 0 saturated carbocycles. The van der Waals surface area contributed by atoms with Crippen LogP contribution in [0, 0.1) is 5.92 Å². The number of aliphatic hydroxyl groups excluding tert-OH is 1. The molecule has 3 nitrogen and oxygen atoms in total. The number of fused-ring (bicyclic) bond motifs is 1. The first kappa shape index (κ1) is 16.6. The standard InChI is InChI=1S/C15H17Cl2NO2S/c1-9(8-19)3-2-6-18-15(20)14-13(17)11-5-4-10(16)7-12(11)21-14/h4-5,7,9,19H,2-3,6,8H2,1H3,(H,18,20). The summed E-state index contributed by atoms with van der Waals surface area (Å²) in [5.74, 6) is 0.103. The molecule has 0 spiro atoms. The quantitative estimate of drug-likeness (QED) is 0.764. The molecule has 114 valence electrons. The largest absolute Gasteiger partial charge is 0.396 e. The Kier molecular flexibility index (Phi) is 5.88. The van der Waals surface area contributed by atoms with Gasteiger partial charge in [-0.15, -0.1) is 11.3 Å². The highest BCUT2D eigenvalue weighted by molar-refractivity contribution is 7.21. The van der Waals surface area contributed by atoms with Crippen LogP contribution in [-0.4, -0.2) is 24.2 Å². The molecule has 21 heavy (non-hydrogen) atoms. The van der Waals surface area contributed by atoms with Gasteiger partial charge in [-0.3, -0.25) is 4.79 Å². The highest BCUT2D eigenvalue weighted by atomic mass is 35.5. The molecule has 0 saturated heterocycles. The number of carbonyl (C=O) groups is 1. The number of thiophene rings is 1. The van der Waals surface area contributed by atoms with Crippen LogP contribution < -0.4 is 5.32 Å². The van der Waals surface area contributed by atoms with Crippen molar-refractivity contribution < 1.29 is 9.90 Å². The second-order valence-electron chi connectivity index (χ2n) is 5.07. The number of rotatable bonds is 6. The van der Waals surface area contributed by atoms with Gasteiger partial charge in [-0.25, -0.2) is 0 Å². The summed E-state index contributed by atoms with van der Waals surface area (Å²) in [4.78, 5) is 12.7. The van der Waals surface area contributed by atoms with Crippen molar-refractivity contribution in [1.29, 1.82) is 0 Å². The van der Waals surface area contributed by atoms with Crippen LogP contribution in [-0.2, 0) is 0 Å². The third-order valence-electron chi connectivity index (χ3n) is 3.27. The van der Waals surface area contributed by atoms with Crippen molar-refractivity contribution in [1.82, 2.24) is 5.32 Å². The Bertz CT molecular complexity index is 642. The highest BCUT2D eigenvalue weighted by Gasteiger charge is 2.16. The van der Waals surface area contributed by atoms with Gasteiger partial charge in [-0.2, -0.15) is 0 Å². The van der Waals surface area contributed by atoms with Crippen molar-refractivity contribution in [2.75, 3.05) is 13.2 Å². The molecule has 6 heteroatoms. The molecule has 1 aromatic heterocycles. The summed E-state index contributed by atoms with van der Waals surface area (Å²) in [5, 5.41) is 13.8. The van der Waals surface area contributed by atoms with Crippen LogP contribution in [0.15, 0.2) is 18.2 Å². The van der Waals surface area contributed by atoms with Gasteiger partial charge in [0.25, 0.3) is 5.91 Å². The third kappa shape index (κ3) is 4.10. The van der Waals surface area contributed by atoms with Crippen LogP contribution in [0.4, 0.5) is 0 Å². The van der Waals surface area contributed by atoms with Gasteiger partial charge in [0.05, 0.1) is 5.02 Å². The summed E-state index contributed by atoms with van der Waals surface area (Å²) in [7, 11) is 0. The lowest BCUT2D eigenvalue weighted by Crippen LogP contribution is -2.24. The van der Waals surface area contributed by atoms with Crippen LogP contribution in [0.5, 0.6) is 0 Å². The van der Waals surface area contributed by atoms with Gasteiger partial charge in [0.2, 0.25) is 0 Å². The Balaban J connectivity index is 2.01. The molecule has 0 aliphatic rings. The number of nitrogens with one attached hydrogen (secondary N) is 1. The molecule has 0 radical (unpaired) electrons. The first-order valence-corrected chi connectivity index (χ1v) is 8.36. The maximum absolute atomic E-state index is 12.2. The zero-order chi connectivity index (χ0) is 15.4. The Morgan fingerprint density at radius 3 is 2.90 bits per heavy atom. The summed E-state index contributed by atoms with van der Waals surface area (Å²) in [6.45, 7) is 2.74. The Morgan fingerprint density at radius 2 is 2.19 bits per heavy atom. The molecule has 1 aromatic carbocycles. The first-order chi connectivity index (χ1) is 10.0. The minimum absolute atomic E-state index is 0.158. The van der Waals surface area contributed by atoms with E-state index in [2.05, 4.69) is 5.32 Å². The molecule has 2 rings (SSSR count). The van der Waals surface area contributed by atoms with E-state index >= 15 is 0 Å². The predicted molar refractivity (Wildman–Crippen MR) is 89.7 cm³/mol.